The van der Waals surface area contributed by atoms with Gasteiger partial charge in [-0.25, -0.2) is 0 Å². The Balaban J connectivity index is 3.45. The van der Waals surface area contributed by atoms with E-state index in [4.69, 9.17) is 17.0 Å². The Bertz CT molecular complexity index is 95.1. The van der Waals surface area contributed by atoms with Crippen LogP contribution in [0.3, 0.4) is 0 Å². The van der Waals surface area contributed by atoms with E-state index in [9.17, 15) is 0 Å². The lowest BCUT2D eigenvalue weighted by atomic mass is 10.5. The molecule has 0 saturated heterocycles. The smallest absolute Gasteiger partial charge is 0.258 e. The van der Waals surface area contributed by atoms with Gasteiger partial charge in [0.15, 0.2) is 0 Å². The molecule has 0 saturated carbocycles. The Kier molecular flexibility index (Phi) is 4.40. The number of nitrogens with zero attached hydrogens (tertiary/aromatic N) is 1. The fourth-order valence-electron chi connectivity index (χ4n) is 0.583. The van der Waals surface area contributed by atoms with Crippen molar-refractivity contribution in [1.82, 2.24) is 4.90 Å². The average molecular weight is 147 g/mol. The zero-order valence-corrected chi connectivity index (χ0v) is 6.99. The number of thiocarbonyl (C=S) groups is 1. The van der Waals surface area contributed by atoms with E-state index in [2.05, 4.69) is 6.92 Å². The molecule has 0 fully saturated rings. The van der Waals surface area contributed by atoms with E-state index in [1.807, 2.05) is 11.9 Å². The lowest BCUT2D eigenvalue weighted by Gasteiger charge is -2.16. The van der Waals surface area contributed by atoms with Crippen LogP contribution in [0.5, 0.6) is 0 Å². The molecule has 2 nitrogen and oxygen atoms in total. The van der Waals surface area contributed by atoms with Gasteiger partial charge in [-0.05, 0) is 18.6 Å². The molecule has 9 heavy (non-hydrogen) atoms. The fraction of sp³-hybridized carbons (Fsp3) is 0.833. The Labute approximate surface area is 61.8 Å². The second-order valence-corrected chi connectivity index (χ2v) is 2.24. The average Bonchev–Trinajstić information content (AvgIpc) is 1.87. The minimum absolute atomic E-state index is 0.567. The zero-order chi connectivity index (χ0) is 7.28. The molecule has 0 aliphatic heterocycles. The molecule has 0 radical (unpaired) electrons. The van der Waals surface area contributed by atoms with Crippen molar-refractivity contribution in [1.29, 1.82) is 0 Å². The minimum Gasteiger partial charge on any atom is -0.474 e. The summed E-state index contributed by atoms with van der Waals surface area (Å²) in [7, 11) is 3.52. The number of hydrogen-bond acceptors (Lipinski definition) is 2. The van der Waals surface area contributed by atoms with Crippen molar-refractivity contribution >= 4 is 17.4 Å². The standard InChI is InChI=1S/C6H13NOS/c1-4-5-7(2)6(9)8-3/h4-5H2,1-3H3. The molecule has 0 bridgehead atoms. The van der Waals surface area contributed by atoms with Gasteiger partial charge in [0, 0.05) is 13.6 Å². The highest BCUT2D eigenvalue weighted by molar-refractivity contribution is 7.80. The first-order chi connectivity index (χ1) is 4.22. The van der Waals surface area contributed by atoms with Gasteiger partial charge >= 0.3 is 0 Å². The van der Waals surface area contributed by atoms with Crippen LogP contribution in [-0.2, 0) is 4.74 Å². The summed E-state index contributed by atoms with van der Waals surface area (Å²) in [4.78, 5) is 1.91. The Morgan fingerprint density at radius 3 is 2.56 bits per heavy atom. The molecule has 0 aromatic carbocycles. The molecule has 0 unspecified atom stereocenters. The van der Waals surface area contributed by atoms with Crippen LogP contribution in [0, 0.1) is 0 Å². The van der Waals surface area contributed by atoms with Crippen LogP contribution in [0.2, 0.25) is 0 Å². The van der Waals surface area contributed by atoms with Gasteiger partial charge in [-0.2, -0.15) is 0 Å². The fourth-order valence-corrected chi connectivity index (χ4v) is 0.674. The topological polar surface area (TPSA) is 12.5 Å². The van der Waals surface area contributed by atoms with Crippen LogP contribution < -0.4 is 0 Å². The highest BCUT2D eigenvalue weighted by Crippen LogP contribution is 1.89. The highest BCUT2D eigenvalue weighted by atomic mass is 32.1. The van der Waals surface area contributed by atoms with Gasteiger partial charge in [0.1, 0.15) is 0 Å². The predicted octanol–water partition coefficient (Wildman–Crippen LogP) is 1.26. The van der Waals surface area contributed by atoms with Crippen LogP contribution >= 0.6 is 12.2 Å². The van der Waals surface area contributed by atoms with Gasteiger partial charge in [-0.1, -0.05) is 6.92 Å². The van der Waals surface area contributed by atoms with Crippen molar-refractivity contribution in [3.63, 3.8) is 0 Å². The van der Waals surface area contributed by atoms with E-state index in [1.165, 1.54) is 0 Å². The summed E-state index contributed by atoms with van der Waals surface area (Å²) < 4.78 is 4.82. The second kappa shape index (κ2) is 4.56. The summed E-state index contributed by atoms with van der Waals surface area (Å²) in [6, 6.07) is 0. The first kappa shape index (κ1) is 8.69. The van der Waals surface area contributed by atoms with Crippen molar-refractivity contribution in [2.45, 2.75) is 13.3 Å². The van der Waals surface area contributed by atoms with Crippen molar-refractivity contribution in [2.24, 2.45) is 0 Å². The Morgan fingerprint density at radius 2 is 2.22 bits per heavy atom. The van der Waals surface area contributed by atoms with E-state index >= 15 is 0 Å². The number of ether oxygens (including phenoxy) is 1. The molecule has 0 aliphatic rings. The maximum absolute atomic E-state index is 4.85. The summed E-state index contributed by atoms with van der Waals surface area (Å²) in [5.41, 5.74) is 0. The summed E-state index contributed by atoms with van der Waals surface area (Å²) in [5, 5.41) is 0.567. The minimum atomic E-state index is 0.567. The number of methoxy groups -OCH3 is 1. The Hall–Kier alpha value is -0.310. The normalized spacial score (nSPS) is 8.78. The molecule has 0 heterocycles. The third kappa shape index (κ3) is 3.30. The Morgan fingerprint density at radius 1 is 1.67 bits per heavy atom. The van der Waals surface area contributed by atoms with Crippen LogP contribution in [0.25, 0.3) is 0 Å². The lowest BCUT2D eigenvalue weighted by molar-refractivity contribution is 0.323. The molecule has 0 spiro atoms. The highest BCUT2D eigenvalue weighted by Gasteiger charge is 1.99. The first-order valence-electron chi connectivity index (χ1n) is 3.01. The molecule has 54 valence electrons. The van der Waals surface area contributed by atoms with Gasteiger partial charge < -0.3 is 9.64 Å². The van der Waals surface area contributed by atoms with Crippen molar-refractivity contribution in [3.05, 3.63) is 0 Å². The third-order valence-corrected chi connectivity index (χ3v) is 1.52. The van der Waals surface area contributed by atoms with Crippen molar-refractivity contribution in [2.75, 3.05) is 20.7 Å². The first-order valence-corrected chi connectivity index (χ1v) is 3.42. The largest absolute Gasteiger partial charge is 0.474 e. The maximum Gasteiger partial charge on any atom is 0.258 e. The number of rotatable bonds is 2. The monoisotopic (exact) mass is 147 g/mol. The molecular weight excluding hydrogens is 134 g/mol. The van der Waals surface area contributed by atoms with Crippen LogP contribution in [-0.4, -0.2) is 30.8 Å². The second-order valence-electron chi connectivity index (χ2n) is 1.89. The van der Waals surface area contributed by atoms with Crippen LogP contribution in [0.4, 0.5) is 0 Å². The summed E-state index contributed by atoms with van der Waals surface area (Å²) in [5.74, 6) is 0. The summed E-state index contributed by atoms with van der Waals surface area (Å²) >= 11 is 4.85. The molecule has 0 aromatic rings. The lowest BCUT2D eigenvalue weighted by Crippen LogP contribution is -2.26. The molecule has 0 aliphatic carbocycles. The van der Waals surface area contributed by atoms with E-state index in [1.54, 1.807) is 7.11 Å². The molecule has 0 aromatic heterocycles. The SMILES string of the molecule is CCCN(C)C(=S)OC. The predicted molar refractivity (Wildman–Crippen MR) is 42.5 cm³/mol. The molecule has 3 heteroatoms. The molecule has 0 amide bonds. The van der Waals surface area contributed by atoms with Crippen LogP contribution in [0.1, 0.15) is 13.3 Å². The molecule has 0 rings (SSSR count). The van der Waals surface area contributed by atoms with Crippen molar-refractivity contribution in [3.8, 4) is 0 Å². The molecule has 0 atom stereocenters. The van der Waals surface area contributed by atoms with Crippen LogP contribution in [0.15, 0.2) is 0 Å². The maximum atomic E-state index is 4.85. The zero-order valence-electron chi connectivity index (χ0n) is 6.18. The van der Waals surface area contributed by atoms with E-state index < -0.39 is 0 Å². The third-order valence-electron chi connectivity index (χ3n) is 1.05. The van der Waals surface area contributed by atoms with Gasteiger partial charge in [-0.15, -0.1) is 0 Å². The van der Waals surface area contributed by atoms with Gasteiger partial charge in [0.25, 0.3) is 5.17 Å². The molecular formula is C6H13NOS. The number of hydrogen-bond donors (Lipinski definition) is 0. The quantitative estimate of drug-likeness (QED) is 0.546. The van der Waals surface area contributed by atoms with Crippen molar-refractivity contribution < 1.29 is 4.74 Å². The van der Waals surface area contributed by atoms with E-state index in [-0.39, 0.29) is 0 Å². The van der Waals surface area contributed by atoms with Gasteiger partial charge in [-0.3, -0.25) is 0 Å². The summed E-state index contributed by atoms with van der Waals surface area (Å²) in [6.07, 6.45) is 1.10. The molecule has 0 N–H and O–H groups in total. The van der Waals surface area contributed by atoms with Gasteiger partial charge in [0.2, 0.25) is 0 Å². The van der Waals surface area contributed by atoms with E-state index in [0.29, 0.717) is 5.17 Å². The summed E-state index contributed by atoms with van der Waals surface area (Å²) in [6.45, 7) is 3.07. The van der Waals surface area contributed by atoms with Gasteiger partial charge in [0.05, 0.1) is 7.11 Å². The van der Waals surface area contributed by atoms with E-state index in [0.717, 1.165) is 13.0 Å².